The van der Waals surface area contributed by atoms with Crippen molar-refractivity contribution in [3.8, 4) is 11.1 Å². The number of hydrogen-bond acceptors (Lipinski definition) is 5. The van der Waals surface area contributed by atoms with Crippen LogP contribution in [0.5, 0.6) is 0 Å². The molecule has 0 aromatic heterocycles. The first kappa shape index (κ1) is 42.1. The van der Waals surface area contributed by atoms with Gasteiger partial charge in [-0.15, -0.1) is 0 Å². The van der Waals surface area contributed by atoms with Crippen LogP contribution in [0.25, 0.3) is 11.1 Å². The van der Waals surface area contributed by atoms with E-state index in [9.17, 15) is 76.7 Å². The molecule has 8 nitrogen and oxygen atoms in total. The summed E-state index contributed by atoms with van der Waals surface area (Å²) in [7, 11) is 0. The standard InChI is InChI=1S/C41H21F12N3O5/c1-18-2-4-19(5-3-18)32(57)54-22-8-12-24(30(16-22)38(42,43)44)25-13-9-23(17-31(25)39(45,46)47)56-35(60)27-11-7-21(15-29(27)36(56)61)37(40(48,49)50,41(51,52)53)20-6-10-26-28(14-20)34(59)55-33(26)58/h2-17H,1H3,(H,54,57)(H,55,58,59). The minimum atomic E-state index is -6.30. The summed E-state index contributed by atoms with van der Waals surface area (Å²) in [6.45, 7) is 1.71. The maximum atomic E-state index is 15.0. The third kappa shape index (κ3) is 6.94. The third-order valence-corrected chi connectivity index (χ3v) is 10.1. The predicted octanol–water partition coefficient (Wildman–Crippen LogP) is 10.0. The predicted molar refractivity (Wildman–Crippen MR) is 190 cm³/mol. The Morgan fingerprint density at radius 3 is 1.56 bits per heavy atom. The van der Waals surface area contributed by atoms with Gasteiger partial charge in [-0.1, -0.05) is 42.0 Å². The van der Waals surface area contributed by atoms with Gasteiger partial charge in [-0.3, -0.25) is 29.3 Å². The Bertz CT molecular complexity index is 2700. The summed E-state index contributed by atoms with van der Waals surface area (Å²) in [6, 6.07) is 10.7. The molecule has 5 aromatic carbocycles. The molecule has 314 valence electrons. The van der Waals surface area contributed by atoms with Gasteiger partial charge in [0.2, 0.25) is 5.41 Å². The molecule has 0 bridgehead atoms. The van der Waals surface area contributed by atoms with E-state index in [1.54, 1.807) is 24.4 Å². The Labute approximate surface area is 333 Å². The van der Waals surface area contributed by atoms with Crippen LogP contribution in [0.4, 0.5) is 64.1 Å². The van der Waals surface area contributed by atoms with E-state index >= 15 is 0 Å². The molecule has 0 spiro atoms. The summed E-state index contributed by atoms with van der Waals surface area (Å²) < 4.78 is 177. The molecule has 0 saturated heterocycles. The molecule has 0 fully saturated rings. The molecule has 5 amide bonds. The molecule has 0 unspecified atom stereocenters. The summed E-state index contributed by atoms with van der Waals surface area (Å²) in [6.07, 6.45) is -23.4. The zero-order chi connectivity index (χ0) is 44.8. The van der Waals surface area contributed by atoms with Crippen LogP contribution < -0.4 is 15.5 Å². The zero-order valence-electron chi connectivity index (χ0n) is 30.3. The molecule has 0 saturated carbocycles. The number of nitrogens with zero attached hydrogens (tertiary/aromatic N) is 1. The van der Waals surface area contributed by atoms with E-state index in [1.807, 2.05) is 0 Å². The van der Waals surface area contributed by atoms with Crippen molar-refractivity contribution in [3.63, 3.8) is 0 Å². The van der Waals surface area contributed by atoms with Crippen LogP contribution >= 0.6 is 0 Å². The van der Waals surface area contributed by atoms with Gasteiger partial charge >= 0.3 is 24.7 Å². The fraction of sp³-hybridized carbons (Fsp3) is 0.146. The highest BCUT2D eigenvalue weighted by Crippen LogP contribution is 2.57. The largest absolute Gasteiger partial charge is 0.417 e. The minimum Gasteiger partial charge on any atom is -0.322 e. The van der Waals surface area contributed by atoms with Crippen LogP contribution in [-0.2, 0) is 17.8 Å². The smallest absolute Gasteiger partial charge is 0.322 e. The van der Waals surface area contributed by atoms with Crippen molar-refractivity contribution in [1.29, 1.82) is 0 Å². The summed E-state index contributed by atoms with van der Waals surface area (Å²) >= 11 is 0. The van der Waals surface area contributed by atoms with Crippen LogP contribution in [-0.4, -0.2) is 41.9 Å². The van der Waals surface area contributed by atoms with Gasteiger partial charge in [-0.2, -0.15) is 52.7 Å². The van der Waals surface area contributed by atoms with Crippen molar-refractivity contribution in [2.45, 2.75) is 37.0 Å². The number of carbonyl (C=O) groups is 5. The number of halogens is 12. The van der Waals surface area contributed by atoms with E-state index in [1.165, 1.54) is 12.1 Å². The SMILES string of the molecule is Cc1ccc(C(=O)Nc2ccc(-c3ccc(N4C(=O)c5ccc(C(c6ccc7c(c6)C(=O)NC7=O)(C(F)(F)F)C(F)(F)F)cc5C4=O)cc3C(F)(F)F)c(C(F)(F)F)c2)cc1. The molecular weight excluding hydrogens is 842 g/mol. The maximum absolute atomic E-state index is 15.0. The lowest BCUT2D eigenvalue weighted by Crippen LogP contribution is -2.55. The first-order valence-corrected chi connectivity index (χ1v) is 17.2. The Morgan fingerprint density at radius 1 is 0.525 bits per heavy atom. The molecular formula is C41H21F12N3O5. The molecule has 0 aliphatic carbocycles. The van der Waals surface area contributed by atoms with Crippen molar-refractivity contribution >= 4 is 40.9 Å². The van der Waals surface area contributed by atoms with Crippen molar-refractivity contribution in [2.24, 2.45) is 0 Å². The Hall–Kier alpha value is -6.99. The van der Waals surface area contributed by atoms with Gasteiger partial charge in [-0.25, -0.2) is 4.90 Å². The molecule has 20 heteroatoms. The number of carbonyl (C=O) groups excluding carboxylic acids is 5. The van der Waals surface area contributed by atoms with Crippen LogP contribution in [0, 0.1) is 6.92 Å². The highest BCUT2D eigenvalue weighted by molar-refractivity contribution is 6.34. The Morgan fingerprint density at radius 2 is 1.00 bits per heavy atom. The van der Waals surface area contributed by atoms with Crippen LogP contribution in [0.3, 0.4) is 0 Å². The van der Waals surface area contributed by atoms with Crippen LogP contribution in [0.2, 0.25) is 0 Å². The van der Waals surface area contributed by atoms with Gasteiger partial charge in [-0.05, 0) is 89.8 Å². The lowest BCUT2D eigenvalue weighted by Gasteiger charge is -2.38. The van der Waals surface area contributed by atoms with E-state index in [0.717, 1.165) is 11.6 Å². The number of alkyl halides is 12. The second kappa shape index (κ2) is 14.1. The summed E-state index contributed by atoms with van der Waals surface area (Å²) in [5, 5.41) is 3.97. The highest BCUT2D eigenvalue weighted by atomic mass is 19.4. The summed E-state index contributed by atoms with van der Waals surface area (Å²) in [4.78, 5) is 64.1. The maximum Gasteiger partial charge on any atom is 0.417 e. The third-order valence-electron chi connectivity index (χ3n) is 10.1. The molecule has 2 N–H and O–H groups in total. The molecule has 2 heterocycles. The molecule has 0 radical (unpaired) electrons. The van der Waals surface area contributed by atoms with E-state index in [-0.39, 0.29) is 34.7 Å². The molecule has 7 rings (SSSR count). The number of hydrogen-bond donors (Lipinski definition) is 2. The number of imide groups is 2. The van der Waals surface area contributed by atoms with Crippen LogP contribution in [0.15, 0.2) is 97.1 Å². The number of amides is 5. The lowest BCUT2D eigenvalue weighted by atomic mass is 9.71. The monoisotopic (exact) mass is 863 g/mol. The second-order valence-corrected chi connectivity index (χ2v) is 13.8. The zero-order valence-corrected chi connectivity index (χ0v) is 30.3. The van der Waals surface area contributed by atoms with E-state index in [0.29, 0.717) is 42.5 Å². The first-order chi connectivity index (χ1) is 28.3. The van der Waals surface area contributed by atoms with E-state index in [2.05, 4.69) is 5.32 Å². The molecule has 5 aromatic rings. The van der Waals surface area contributed by atoms with Gasteiger partial charge < -0.3 is 5.32 Å². The number of fused-ring (bicyclic) bond motifs is 2. The Balaban J connectivity index is 1.30. The molecule has 2 aliphatic heterocycles. The molecule has 2 aliphatic rings. The highest BCUT2D eigenvalue weighted by Gasteiger charge is 2.73. The van der Waals surface area contributed by atoms with E-state index in [4.69, 9.17) is 0 Å². The van der Waals surface area contributed by atoms with Gasteiger partial charge in [0.25, 0.3) is 29.5 Å². The average Bonchev–Trinajstić information content (AvgIpc) is 3.58. The van der Waals surface area contributed by atoms with E-state index < -0.39 is 127 Å². The van der Waals surface area contributed by atoms with Crippen molar-refractivity contribution in [1.82, 2.24) is 5.32 Å². The second-order valence-electron chi connectivity index (χ2n) is 13.8. The fourth-order valence-electron chi connectivity index (χ4n) is 7.23. The Kier molecular flexibility index (Phi) is 9.71. The number of anilines is 2. The normalized spacial score (nSPS) is 14.6. The quantitative estimate of drug-likeness (QED) is 0.130. The van der Waals surface area contributed by atoms with Gasteiger partial charge in [0, 0.05) is 11.3 Å². The molecule has 61 heavy (non-hydrogen) atoms. The van der Waals surface area contributed by atoms with Crippen molar-refractivity contribution in [2.75, 3.05) is 10.2 Å². The minimum absolute atomic E-state index is 0.00393. The summed E-state index contributed by atoms with van der Waals surface area (Å²) in [5.74, 6) is -6.44. The number of aryl methyl sites for hydroxylation is 1. The summed E-state index contributed by atoms with van der Waals surface area (Å²) in [5.41, 5.74) is -17.9. The van der Waals surface area contributed by atoms with Crippen LogP contribution in [0.1, 0.15) is 79.6 Å². The van der Waals surface area contributed by atoms with Gasteiger partial charge in [0.15, 0.2) is 0 Å². The topological polar surface area (TPSA) is 113 Å². The molecule has 0 atom stereocenters. The van der Waals surface area contributed by atoms with Gasteiger partial charge in [0.1, 0.15) is 0 Å². The van der Waals surface area contributed by atoms with Crippen molar-refractivity contribution < 1.29 is 76.7 Å². The average molecular weight is 864 g/mol. The fourth-order valence-corrected chi connectivity index (χ4v) is 7.23. The number of benzene rings is 5. The van der Waals surface area contributed by atoms with Gasteiger partial charge in [0.05, 0.1) is 39.1 Å². The van der Waals surface area contributed by atoms with Crippen molar-refractivity contribution in [3.05, 3.63) is 153 Å². The first-order valence-electron chi connectivity index (χ1n) is 17.2. The number of rotatable bonds is 6. The lowest BCUT2D eigenvalue weighted by molar-refractivity contribution is -0.288. The number of nitrogens with one attached hydrogen (secondary N) is 2.